The van der Waals surface area contributed by atoms with Crippen molar-refractivity contribution in [1.29, 1.82) is 0 Å². The van der Waals surface area contributed by atoms with Gasteiger partial charge in [0, 0.05) is 38.6 Å². The highest BCUT2D eigenvalue weighted by molar-refractivity contribution is 7.89. The smallest absolute Gasteiger partial charge is 0.240 e. The molecule has 0 bridgehead atoms. The van der Waals surface area contributed by atoms with Gasteiger partial charge in [-0.25, -0.2) is 17.5 Å². The van der Waals surface area contributed by atoms with Gasteiger partial charge in [0.15, 0.2) is 0 Å². The Morgan fingerprint density at radius 2 is 2.04 bits per heavy atom. The van der Waals surface area contributed by atoms with Gasteiger partial charge in [0.05, 0.1) is 4.90 Å². The number of sulfonamides is 1. The second-order valence-corrected chi connectivity index (χ2v) is 7.01. The standard InChI is InChI=1S/C14H20FN3O3S.ClH/c1-11-10-16-8-9-18(11)14(19)6-7-17-22(20,21)13-4-2-12(15)3-5-13;/h2-5,11,16-17H,6-10H2,1H3;1H/t11-;/m0./s1. The first-order valence-corrected chi connectivity index (χ1v) is 8.64. The van der Waals surface area contributed by atoms with E-state index in [2.05, 4.69) is 10.0 Å². The van der Waals surface area contributed by atoms with Crippen LogP contribution in [0.5, 0.6) is 0 Å². The largest absolute Gasteiger partial charge is 0.337 e. The van der Waals surface area contributed by atoms with E-state index < -0.39 is 15.8 Å². The van der Waals surface area contributed by atoms with E-state index in [0.29, 0.717) is 6.54 Å². The number of rotatable bonds is 5. The van der Waals surface area contributed by atoms with Gasteiger partial charge in [-0.15, -0.1) is 12.4 Å². The van der Waals surface area contributed by atoms with Crippen molar-refractivity contribution >= 4 is 28.3 Å². The molecule has 1 amide bonds. The predicted molar refractivity (Wildman–Crippen MR) is 87.5 cm³/mol. The lowest BCUT2D eigenvalue weighted by Gasteiger charge is -2.34. The van der Waals surface area contributed by atoms with Gasteiger partial charge < -0.3 is 10.2 Å². The Kier molecular flexibility index (Phi) is 7.40. The number of nitrogens with zero attached hydrogens (tertiary/aromatic N) is 1. The lowest BCUT2D eigenvalue weighted by atomic mass is 10.2. The quantitative estimate of drug-likeness (QED) is 0.806. The highest BCUT2D eigenvalue weighted by Gasteiger charge is 2.23. The van der Waals surface area contributed by atoms with Crippen molar-refractivity contribution in [1.82, 2.24) is 14.9 Å². The average molecular weight is 366 g/mol. The number of piperazine rings is 1. The maximum absolute atomic E-state index is 12.8. The summed E-state index contributed by atoms with van der Waals surface area (Å²) in [5.74, 6) is -0.572. The number of hydrogen-bond donors (Lipinski definition) is 2. The van der Waals surface area contributed by atoms with Gasteiger partial charge in [0.25, 0.3) is 0 Å². The number of hydrogen-bond acceptors (Lipinski definition) is 4. The molecule has 0 aromatic heterocycles. The monoisotopic (exact) mass is 365 g/mol. The summed E-state index contributed by atoms with van der Waals surface area (Å²) >= 11 is 0. The Morgan fingerprint density at radius 3 is 2.65 bits per heavy atom. The molecule has 1 aliphatic heterocycles. The molecule has 1 aromatic carbocycles. The van der Waals surface area contributed by atoms with Crippen LogP contribution in [0.25, 0.3) is 0 Å². The molecular weight excluding hydrogens is 345 g/mol. The van der Waals surface area contributed by atoms with E-state index in [1.165, 1.54) is 12.1 Å². The number of benzene rings is 1. The summed E-state index contributed by atoms with van der Waals surface area (Å²) in [5, 5.41) is 3.19. The van der Waals surface area contributed by atoms with Gasteiger partial charge in [-0.1, -0.05) is 0 Å². The second kappa shape index (κ2) is 8.58. The first-order valence-electron chi connectivity index (χ1n) is 7.15. The molecule has 1 aromatic rings. The van der Waals surface area contributed by atoms with Crippen LogP contribution in [0, 0.1) is 5.82 Å². The second-order valence-electron chi connectivity index (χ2n) is 5.24. The van der Waals surface area contributed by atoms with E-state index in [1.807, 2.05) is 6.92 Å². The molecule has 0 unspecified atom stereocenters. The number of amides is 1. The zero-order valence-electron chi connectivity index (χ0n) is 12.8. The maximum Gasteiger partial charge on any atom is 0.240 e. The van der Waals surface area contributed by atoms with E-state index in [0.717, 1.165) is 25.2 Å². The molecule has 2 N–H and O–H groups in total. The van der Waals surface area contributed by atoms with Crippen LogP contribution < -0.4 is 10.0 Å². The average Bonchev–Trinajstić information content (AvgIpc) is 2.48. The maximum atomic E-state index is 12.8. The van der Waals surface area contributed by atoms with Crippen LogP contribution in [-0.4, -0.2) is 51.4 Å². The van der Waals surface area contributed by atoms with Crippen molar-refractivity contribution in [2.45, 2.75) is 24.3 Å². The molecule has 9 heteroatoms. The highest BCUT2D eigenvalue weighted by Crippen LogP contribution is 2.10. The number of carbonyl (C=O) groups excluding carboxylic acids is 1. The van der Waals surface area contributed by atoms with Crippen molar-refractivity contribution < 1.29 is 17.6 Å². The molecule has 1 aliphatic rings. The van der Waals surface area contributed by atoms with E-state index in [-0.39, 0.29) is 42.2 Å². The third kappa shape index (κ3) is 5.42. The van der Waals surface area contributed by atoms with Crippen molar-refractivity contribution in [2.24, 2.45) is 0 Å². The van der Waals surface area contributed by atoms with Gasteiger partial charge in [-0.3, -0.25) is 4.79 Å². The van der Waals surface area contributed by atoms with Gasteiger partial charge in [0.2, 0.25) is 15.9 Å². The zero-order valence-corrected chi connectivity index (χ0v) is 14.4. The molecule has 0 aliphatic carbocycles. The van der Waals surface area contributed by atoms with Crippen molar-refractivity contribution in [3.63, 3.8) is 0 Å². The summed E-state index contributed by atoms with van der Waals surface area (Å²) in [5.41, 5.74) is 0. The molecule has 0 radical (unpaired) electrons. The van der Waals surface area contributed by atoms with Crippen LogP contribution in [-0.2, 0) is 14.8 Å². The summed E-state index contributed by atoms with van der Waals surface area (Å²) < 4.78 is 39.2. The molecule has 6 nitrogen and oxygen atoms in total. The first kappa shape index (κ1) is 19.8. The fraction of sp³-hybridized carbons (Fsp3) is 0.500. The molecule has 23 heavy (non-hydrogen) atoms. The van der Waals surface area contributed by atoms with Gasteiger partial charge in [0.1, 0.15) is 5.82 Å². The number of carbonyl (C=O) groups is 1. The van der Waals surface area contributed by atoms with Crippen LogP contribution >= 0.6 is 12.4 Å². The van der Waals surface area contributed by atoms with E-state index in [1.54, 1.807) is 4.90 Å². The Morgan fingerprint density at radius 1 is 1.39 bits per heavy atom. The third-order valence-corrected chi connectivity index (χ3v) is 5.05. The zero-order chi connectivity index (χ0) is 16.2. The molecule has 2 rings (SSSR count). The number of halogens is 2. The van der Waals surface area contributed by atoms with E-state index in [4.69, 9.17) is 0 Å². The van der Waals surface area contributed by atoms with Crippen LogP contribution in [0.4, 0.5) is 4.39 Å². The lowest BCUT2D eigenvalue weighted by Crippen LogP contribution is -2.52. The molecule has 0 spiro atoms. The Hall–Kier alpha value is -1.22. The Balaban J connectivity index is 0.00000264. The summed E-state index contributed by atoms with van der Waals surface area (Å²) in [6.07, 6.45) is 0.102. The van der Waals surface area contributed by atoms with Gasteiger partial charge >= 0.3 is 0 Å². The molecule has 1 fully saturated rings. The number of nitrogens with one attached hydrogen (secondary N) is 2. The SMILES string of the molecule is C[C@H]1CNCCN1C(=O)CCNS(=O)(=O)c1ccc(F)cc1.Cl. The fourth-order valence-electron chi connectivity index (χ4n) is 2.34. The topological polar surface area (TPSA) is 78.5 Å². The van der Waals surface area contributed by atoms with Crippen LogP contribution in [0.3, 0.4) is 0 Å². The summed E-state index contributed by atoms with van der Waals surface area (Å²) in [6, 6.07) is 4.66. The molecule has 1 atom stereocenters. The summed E-state index contributed by atoms with van der Waals surface area (Å²) in [6.45, 7) is 4.09. The Labute approximate surface area is 141 Å². The minimum Gasteiger partial charge on any atom is -0.337 e. The predicted octanol–water partition coefficient (Wildman–Crippen LogP) is 0.736. The van der Waals surface area contributed by atoms with Crippen molar-refractivity contribution in [3.05, 3.63) is 30.1 Å². The van der Waals surface area contributed by atoms with E-state index >= 15 is 0 Å². The van der Waals surface area contributed by atoms with Crippen LogP contribution in [0.15, 0.2) is 29.2 Å². The van der Waals surface area contributed by atoms with E-state index in [9.17, 15) is 17.6 Å². The molecule has 1 heterocycles. The molecule has 1 saturated heterocycles. The highest BCUT2D eigenvalue weighted by atomic mass is 35.5. The van der Waals surface area contributed by atoms with Gasteiger partial charge in [-0.05, 0) is 31.2 Å². The summed E-state index contributed by atoms with van der Waals surface area (Å²) in [7, 11) is -3.72. The minimum atomic E-state index is -3.72. The van der Waals surface area contributed by atoms with Gasteiger partial charge in [-0.2, -0.15) is 0 Å². The molecule has 0 saturated carbocycles. The third-order valence-electron chi connectivity index (χ3n) is 3.58. The normalized spacial score (nSPS) is 18.3. The minimum absolute atomic E-state index is 0. The Bertz CT molecular complexity index is 625. The molecular formula is C14H21ClFN3O3S. The van der Waals surface area contributed by atoms with Crippen molar-refractivity contribution in [2.75, 3.05) is 26.2 Å². The van der Waals surface area contributed by atoms with Crippen LogP contribution in [0.2, 0.25) is 0 Å². The van der Waals surface area contributed by atoms with Crippen molar-refractivity contribution in [3.8, 4) is 0 Å². The molecule has 130 valence electrons. The van der Waals surface area contributed by atoms with Crippen LogP contribution in [0.1, 0.15) is 13.3 Å². The lowest BCUT2D eigenvalue weighted by molar-refractivity contribution is -0.133. The first-order chi connectivity index (χ1) is 10.4. The fourth-order valence-corrected chi connectivity index (χ4v) is 3.38. The summed E-state index contributed by atoms with van der Waals surface area (Å²) in [4.78, 5) is 13.8.